The predicted molar refractivity (Wildman–Crippen MR) is 86.2 cm³/mol. The first-order valence-electron chi connectivity index (χ1n) is 8.57. The average molecular weight is 331 g/mol. The van der Waals surface area contributed by atoms with Gasteiger partial charge >= 0.3 is 0 Å². The molecule has 0 radical (unpaired) electrons. The van der Waals surface area contributed by atoms with Gasteiger partial charge in [-0.1, -0.05) is 19.8 Å². The molecule has 1 saturated carbocycles. The molecule has 1 aliphatic carbocycles. The molecule has 0 aromatic heterocycles. The van der Waals surface area contributed by atoms with Crippen molar-refractivity contribution in [2.24, 2.45) is 11.8 Å². The third-order valence-corrected chi connectivity index (χ3v) is 6.91. The summed E-state index contributed by atoms with van der Waals surface area (Å²) < 4.78 is 23.4. The van der Waals surface area contributed by atoms with Crippen molar-refractivity contribution >= 4 is 15.7 Å². The Labute approximate surface area is 134 Å². The molecule has 1 N–H and O–H groups in total. The van der Waals surface area contributed by atoms with Crippen molar-refractivity contribution in [3.63, 3.8) is 0 Å². The van der Waals surface area contributed by atoms with Crippen molar-refractivity contribution < 1.29 is 18.3 Å². The Kier molecular flexibility index (Phi) is 5.88. The van der Waals surface area contributed by atoms with Gasteiger partial charge in [0.25, 0.3) is 0 Å². The van der Waals surface area contributed by atoms with E-state index in [1.165, 1.54) is 12.8 Å². The smallest absolute Gasteiger partial charge is 0.226 e. The number of likely N-dealkylation sites (N-methyl/N-ethyl adjacent to an activating group) is 1. The lowest BCUT2D eigenvalue weighted by Gasteiger charge is -2.35. The lowest BCUT2D eigenvalue weighted by atomic mass is 9.79. The topological polar surface area (TPSA) is 74.7 Å². The van der Waals surface area contributed by atoms with Gasteiger partial charge < -0.3 is 10.0 Å². The van der Waals surface area contributed by atoms with Crippen molar-refractivity contribution in [3.8, 4) is 0 Å². The van der Waals surface area contributed by atoms with Crippen molar-refractivity contribution in [1.29, 1.82) is 0 Å². The molecule has 2 atom stereocenters. The maximum atomic E-state index is 12.8. The van der Waals surface area contributed by atoms with E-state index in [1.54, 1.807) is 4.90 Å². The molecule has 6 heteroatoms. The number of aliphatic hydroxyl groups is 1. The largest absolute Gasteiger partial charge is 0.390 e. The summed E-state index contributed by atoms with van der Waals surface area (Å²) in [6.45, 7) is 4.52. The summed E-state index contributed by atoms with van der Waals surface area (Å²) in [5, 5.41) is 10.0. The van der Waals surface area contributed by atoms with Gasteiger partial charge in [-0.25, -0.2) is 8.42 Å². The molecule has 1 heterocycles. The second-order valence-corrected chi connectivity index (χ2v) is 9.00. The first-order chi connectivity index (χ1) is 10.4. The molecule has 2 aliphatic rings. The third kappa shape index (κ3) is 4.02. The Bertz CT molecular complexity index is 482. The van der Waals surface area contributed by atoms with Crippen LogP contribution in [-0.4, -0.2) is 54.5 Å². The highest BCUT2D eigenvalue weighted by atomic mass is 32.2. The minimum absolute atomic E-state index is 0.00330. The molecule has 1 amide bonds. The van der Waals surface area contributed by atoms with E-state index in [2.05, 4.69) is 6.92 Å². The van der Waals surface area contributed by atoms with Crippen LogP contribution in [0.1, 0.15) is 52.4 Å². The van der Waals surface area contributed by atoms with E-state index in [4.69, 9.17) is 0 Å². The Morgan fingerprint density at radius 1 is 1.14 bits per heavy atom. The van der Waals surface area contributed by atoms with Crippen molar-refractivity contribution in [2.45, 2.75) is 64.5 Å². The Morgan fingerprint density at radius 2 is 1.77 bits per heavy atom. The zero-order valence-corrected chi connectivity index (χ0v) is 14.5. The molecule has 2 rings (SSSR count). The number of hydrogen-bond acceptors (Lipinski definition) is 4. The second kappa shape index (κ2) is 7.30. The minimum atomic E-state index is -3.22. The number of hydrogen-bond donors (Lipinski definition) is 1. The molecule has 2 fully saturated rings. The van der Waals surface area contributed by atoms with E-state index in [1.807, 2.05) is 6.92 Å². The molecule has 0 unspecified atom stereocenters. The van der Waals surface area contributed by atoms with Crippen LogP contribution in [0.3, 0.4) is 0 Å². The zero-order valence-electron chi connectivity index (χ0n) is 13.7. The van der Waals surface area contributed by atoms with Crippen LogP contribution in [0.4, 0.5) is 0 Å². The zero-order chi connectivity index (χ0) is 16.3. The standard InChI is InChI=1S/C16H29NO4S/c1-3-5-12-6-8-13(9-7-12)16(19)17(4-2)14-10-22(20,21)11-15(14)18/h12-15,18H,3-11H2,1-2H3/t12?,13?,14-,15-/m0/s1. The molecule has 0 aromatic carbocycles. The SMILES string of the molecule is CCCC1CCC(C(=O)N(CC)[C@H]2CS(=O)(=O)C[C@@H]2O)CC1. The number of sulfone groups is 1. The molecule has 1 saturated heterocycles. The minimum Gasteiger partial charge on any atom is -0.390 e. The van der Waals surface area contributed by atoms with E-state index in [0.29, 0.717) is 6.54 Å². The first-order valence-corrected chi connectivity index (χ1v) is 10.4. The molecule has 5 nitrogen and oxygen atoms in total. The van der Waals surface area contributed by atoms with E-state index in [9.17, 15) is 18.3 Å². The van der Waals surface area contributed by atoms with Gasteiger partial charge in [0.05, 0.1) is 23.7 Å². The maximum Gasteiger partial charge on any atom is 0.226 e. The summed E-state index contributed by atoms with van der Waals surface area (Å²) in [6.07, 6.45) is 5.46. The fourth-order valence-electron chi connectivity index (χ4n) is 4.00. The Balaban J connectivity index is 1.98. The van der Waals surface area contributed by atoms with Gasteiger partial charge in [-0.3, -0.25) is 4.79 Å². The number of aliphatic hydroxyl groups excluding tert-OH is 1. The summed E-state index contributed by atoms with van der Waals surface area (Å²) in [6, 6.07) is -0.559. The van der Waals surface area contributed by atoms with Crippen LogP contribution in [0.25, 0.3) is 0 Å². The quantitative estimate of drug-likeness (QED) is 0.830. The van der Waals surface area contributed by atoms with Crippen LogP contribution >= 0.6 is 0 Å². The number of carbonyl (C=O) groups excluding carboxylic acids is 1. The van der Waals surface area contributed by atoms with Gasteiger partial charge in [-0.05, 0) is 38.5 Å². The molecule has 0 spiro atoms. The van der Waals surface area contributed by atoms with Gasteiger partial charge in [0.2, 0.25) is 5.91 Å². The molecule has 1 aliphatic heterocycles. The summed E-state index contributed by atoms with van der Waals surface area (Å²) in [5.74, 6) is 0.465. The number of rotatable bonds is 5. The predicted octanol–water partition coefficient (Wildman–Crippen LogP) is 1.60. The van der Waals surface area contributed by atoms with Gasteiger partial charge in [-0.15, -0.1) is 0 Å². The monoisotopic (exact) mass is 331 g/mol. The van der Waals surface area contributed by atoms with Crippen LogP contribution < -0.4 is 0 Å². The number of nitrogens with zero attached hydrogens (tertiary/aromatic N) is 1. The second-order valence-electron chi connectivity index (χ2n) is 6.84. The fraction of sp³-hybridized carbons (Fsp3) is 0.938. The highest BCUT2D eigenvalue weighted by Gasteiger charge is 2.42. The number of carbonyl (C=O) groups is 1. The van der Waals surface area contributed by atoms with Gasteiger partial charge in [0.1, 0.15) is 0 Å². The normalized spacial score (nSPS) is 34.5. The van der Waals surface area contributed by atoms with Crippen LogP contribution in [-0.2, 0) is 14.6 Å². The first kappa shape index (κ1) is 17.7. The molecule has 0 aromatic rings. The molecule has 128 valence electrons. The van der Waals surface area contributed by atoms with Crippen LogP contribution in [0, 0.1) is 11.8 Å². The van der Waals surface area contributed by atoms with E-state index in [0.717, 1.165) is 31.6 Å². The highest BCUT2D eigenvalue weighted by molar-refractivity contribution is 7.91. The lowest BCUT2D eigenvalue weighted by molar-refractivity contribution is -0.140. The van der Waals surface area contributed by atoms with E-state index >= 15 is 0 Å². The van der Waals surface area contributed by atoms with Gasteiger partial charge in [-0.2, -0.15) is 0 Å². The third-order valence-electron chi connectivity index (χ3n) is 5.21. The average Bonchev–Trinajstić information content (AvgIpc) is 2.74. The lowest BCUT2D eigenvalue weighted by Crippen LogP contribution is -2.49. The van der Waals surface area contributed by atoms with Crippen LogP contribution in [0.2, 0.25) is 0 Å². The number of amides is 1. The molecular weight excluding hydrogens is 302 g/mol. The van der Waals surface area contributed by atoms with Gasteiger partial charge in [0, 0.05) is 12.5 Å². The summed E-state index contributed by atoms with van der Waals surface area (Å²) in [4.78, 5) is 14.4. The summed E-state index contributed by atoms with van der Waals surface area (Å²) >= 11 is 0. The molecule has 0 bridgehead atoms. The highest BCUT2D eigenvalue weighted by Crippen LogP contribution is 2.33. The van der Waals surface area contributed by atoms with E-state index in [-0.39, 0.29) is 23.3 Å². The van der Waals surface area contributed by atoms with Crippen molar-refractivity contribution in [2.75, 3.05) is 18.1 Å². The maximum absolute atomic E-state index is 12.8. The van der Waals surface area contributed by atoms with E-state index < -0.39 is 22.0 Å². The summed E-state index contributed by atoms with van der Waals surface area (Å²) in [5.41, 5.74) is 0. The molecule has 22 heavy (non-hydrogen) atoms. The van der Waals surface area contributed by atoms with Crippen molar-refractivity contribution in [1.82, 2.24) is 4.90 Å². The Morgan fingerprint density at radius 3 is 2.23 bits per heavy atom. The fourth-order valence-corrected chi connectivity index (χ4v) is 5.80. The van der Waals surface area contributed by atoms with Crippen molar-refractivity contribution in [3.05, 3.63) is 0 Å². The molecular formula is C16H29NO4S. The van der Waals surface area contributed by atoms with Gasteiger partial charge in [0.15, 0.2) is 9.84 Å². The van der Waals surface area contributed by atoms with Crippen LogP contribution in [0.5, 0.6) is 0 Å². The van der Waals surface area contributed by atoms with Crippen LogP contribution in [0.15, 0.2) is 0 Å². The Hall–Kier alpha value is -0.620. The summed E-state index contributed by atoms with van der Waals surface area (Å²) in [7, 11) is -3.22.